The van der Waals surface area contributed by atoms with E-state index in [4.69, 9.17) is 14.2 Å². The van der Waals surface area contributed by atoms with E-state index in [0.717, 1.165) is 17.2 Å². The van der Waals surface area contributed by atoms with E-state index in [-0.39, 0.29) is 12.5 Å². The van der Waals surface area contributed by atoms with Gasteiger partial charge in [-0.25, -0.2) is 0 Å². The number of para-hydroxylation sites is 3. The molecular weight excluding hydrogens is 380 g/mol. The van der Waals surface area contributed by atoms with Crippen molar-refractivity contribution in [1.29, 1.82) is 0 Å². The van der Waals surface area contributed by atoms with E-state index in [0.29, 0.717) is 31.3 Å². The quantitative estimate of drug-likeness (QED) is 0.456. The summed E-state index contributed by atoms with van der Waals surface area (Å²) in [5.41, 5.74) is 1.45. The van der Waals surface area contributed by atoms with Crippen LogP contribution in [-0.4, -0.2) is 32.3 Å². The molecule has 0 saturated carbocycles. The van der Waals surface area contributed by atoms with Gasteiger partial charge in [0.25, 0.3) is 0 Å². The third kappa shape index (κ3) is 6.74. The molecule has 0 heterocycles. The molecule has 0 saturated heterocycles. The molecule has 6 nitrogen and oxygen atoms in total. The first-order chi connectivity index (χ1) is 14.7. The van der Waals surface area contributed by atoms with Crippen molar-refractivity contribution in [3.8, 4) is 17.2 Å². The van der Waals surface area contributed by atoms with Gasteiger partial charge in [-0.2, -0.15) is 0 Å². The number of hydrogen-bond acceptors (Lipinski definition) is 5. The molecule has 156 valence electrons. The van der Waals surface area contributed by atoms with Crippen molar-refractivity contribution < 1.29 is 19.0 Å². The Morgan fingerprint density at radius 3 is 2.30 bits per heavy atom. The first-order valence-corrected chi connectivity index (χ1v) is 9.91. The SMILES string of the molecule is CCOc1ccccc1NCC(=O)Nc1cccc(OCCOc2ccccc2)c1. The van der Waals surface area contributed by atoms with Crippen LogP contribution in [0.15, 0.2) is 78.9 Å². The van der Waals surface area contributed by atoms with Crippen LogP contribution in [0.1, 0.15) is 6.92 Å². The minimum Gasteiger partial charge on any atom is -0.492 e. The summed E-state index contributed by atoms with van der Waals surface area (Å²) in [6, 6.07) is 24.4. The lowest BCUT2D eigenvalue weighted by Gasteiger charge is -2.13. The number of amides is 1. The second-order valence-electron chi connectivity index (χ2n) is 6.37. The second-order valence-corrected chi connectivity index (χ2v) is 6.37. The highest BCUT2D eigenvalue weighted by molar-refractivity contribution is 5.94. The number of rotatable bonds is 11. The van der Waals surface area contributed by atoms with E-state index in [1.54, 1.807) is 6.07 Å². The molecule has 0 radical (unpaired) electrons. The van der Waals surface area contributed by atoms with Crippen molar-refractivity contribution in [3.05, 3.63) is 78.9 Å². The summed E-state index contributed by atoms with van der Waals surface area (Å²) in [4.78, 5) is 12.3. The van der Waals surface area contributed by atoms with Gasteiger partial charge in [0.1, 0.15) is 30.5 Å². The molecule has 3 aromatic rings. The summed E-state index contributed by atoms with van der Waals surface area (Å²) in [5, 5.41) is 5.97. The number of hydrogen-bond donors (Lipinski definition) is 2. The fourth-order valence-corrected chi connectivity index (χ4v) is 2.77. The normalized spacial score (nSPS) is 10.2. The fourth-order valence-electron chi connectivity index (χ4n) is 2.77. The van der Waals surface area contributed by atoms with Gasteiger partial charge in [0.2, 0.25) is 5.91 Å². The van der Waals surface area contributed by atoms with Crippen molar-refractivity contribution in [3.63, 3.8) is 0 Å². The molecule has 0 unspecified atom stereocenters. The average Bonchev–Trinajstić information content (AvgIpc) is 2.77. The number of carbonyl (C=O) groups is 1. The highest BCUT2D eigenvalue weighted by atomic mass is 16.5. The van der Waals surface area contributed by atoms with Gasteiger partial charge in [0, 0.05) is 11.8 Å². The Bertz CT molecular complexity index is 931. The van der Waals surface area contributed by atoms with Gasteiger partial charge < -0.3 is 24.8 Å². The van der Waals surface area contributed by atoms with Gasteiger partial charge in [-0.3, -0.25) is 4.79 Å². The van der Waals surface area contributed by atoms with Crippen LogP contribution in [0.4, 0.5) is 11.4 Å². The molecule has 0 aliphatic carbocycles. The summed E-state index contributed by atoms with van der Waals surface area (Å²) in [7, 11) is 0. The largest absolute Gasteiger partial charge is 0.492 e. The molecule has 0 spiro atoms. The van der Waals surface area contributed by atoms with Crippen LogP contribution < -0.4 is 24.8 Å². The summed E-state index contributed by atoms with van der Waals surface area (Å²) >= 11 is 0. The van der Waals surface area contributed by atoms with E-state index < -0.39 is 0 Å². The van der Waals surface area contributed by atoms with Crippen LogP contribution in [0.2, 0.25) is 0 Å². The molecule has 0 aromatic heterocycles. The van der Waals surface area contributed by atoms with Gasteiger partial charge >= 0.3 is 0 Å². The third-order valence-electron chi connectivity index (χ3n) is 4.11. The van der Waals surface area contributed by atoms with E-state index >= 15 is 0 Å². The molecule has 0 bridgehead atoms. The lowest BCUT2D eigenvalue weighted by molar-refractivity contribution is -0.114. The van der Waals surface area contributed by atoms with Gasteiger partial charge in [-0.05, 0) is 43.3 Å². The Hall–Kier alpha value is -3.67. The zero-order chi connectivity index (χ0) is 21.0. The average molecular weight is 406 g/mol. The smallest absolute Gasteiger partial charge is 0.243 e. The maximum absolute atomic E-state index is 12.3. The lowest BCUT2D eigenvalue weighted by atomic mass is 10.3. The zero-order valence-corrected chi connectivity index (χ0v) is 17.0. The van der Waals surface area contributed by atoms with Crippen LogP contribution >= 0.6 is 0 Å². The molecule has 6 heteroatoms. The minimum atomic E-state index is -0.161. The van der Waals surface area contributed by atoms with Crippen LogP contribution in [0.25, 0.3) is 0 Å². The van der Waals surface area contributed by atoms with E-state index in [1.165, 1.54) is 0 Å². The Morgan fingerprint density at radius 1 is 0.800 bits per heavy atom. The Kier molecular flexibility index (Phi) is 7.97. The van der Waals surface area contributed by atoms with Crippen LogP contribution in [0.3, 0.4) is 0 Å². The van der Waals surface area contributed by atoms with E-state index in [1.807, 2.05) is 79.7 Å². The molecule has 0 aliphatic rings. The minimum absolute atomic E-state index is 0.125. The first-order valence-electron chi connectivity index (χ1n) is 9.91. The summed E-state index contributed by atoms with van der Waals surface area (Å²) < 4.78 is 16.9. The standard InChI is InChI=1S/C24H26N2O4/c1-2-28-23-14-7-6-13-22(23)25-18-24(27)26-19-9-8-12-21(17-19)30-16-15-29-20-10-4-3-5-11-20/h3-14,17,25H,2,15-16,18H2,1H3,(H,26,27). The van der Waals surface area contributed by atoms with Crippen molar-refractivity contribution in [2.24, 2.45) is 0 Å². The second kappa shape index (κ2) is 11.4. The Balaban J connectivity index is 1.44. The van der Waals surface area contributed by atoms with E-state index in [2.05, 4.69) is 10.6 Å². The van der Waals surface area contributed by atoms with Crippen LogP contribution in [-0.2, 0) is 4.79 Å². The van der Waals surface area contributed by atoms with Crippen molar-refractivity contribution >= 4 is 17.3 Å². The van der Waals surface area contributed by atoms with Gasteiger partial charge in [0.05, 0.1) is 18.8 Å². The maximum Gasteiger partial charge on any atom is 0.243 e. The highest BCUT2D eigenvalue weighted by Gasteiger charge is 2.07. The number of anilines is 2. The number of benzene rings is 3. The summed E-state index contributed by atoms with van der Waals surface area (Å²) in [5.74, 6) is 2.03. The predicted molar refractivity (Wildman–Crippen MR) is 119 cm³/mol. The molecule has 3 rings (SSSR count). The zero-order valence-electron chi connectivity index (χ0n) is 17.0. The highest BCUT2D eigenvalue weighted by Crippen LogP contribution is 2.23. The van der Waals surface area contributed by atoms with Crippen LogP contribution in [0.5, 0.6) is 17.2 Å². The number of nitrogens with one attached hydrogen (secondary N) is 2. The fraction of sp³-hybridized carbons (Fsp3) is 0.208. The third-order valence-corrected chi connectivity index (χ3v) is 4.11. The molecular formula is C24H26N2O4. The molecule has 0 aliphatic heterocycles. The molecule has 1 amide bonds. The molecule has 0 atom stereocenters. The number of carbonyl (C=O) groups excluding carboxylic acids is 1. The monoisotopic (exact) mass is 406 g/mol. The molecule has 3 aromatic carbocycles. The Morgan fingerprint density at radius 2 is 1.50 bits per heavy atom. The summed E-state index contributed by atoms with van der Waals surface area (Å²) in [6.45, 7) is 3.45. The molecule has 2 N–H and O–H groups in total. The van der Waals surface area contributed by atoms with Crippen molar-refractivity contribution in [2.45, 2.75) is 6.92 Å². The predicted octanol–water partition coefficient (Wildman–Crippen LogP) is 4.59. The van der Waals surface area contributed by atoms with Gasteiger partial charge in [0.15, 0.2) is 0 Å². The number of ether oxygens (including phenoxy) is 3. The van der Waals surface area contributed by atoms with E-state index in [9.17, 15) is 4.79 Å². The maximum atomic E-state index is 12.3. The van der Waals surface area contributed by atoms with Crippen LogP contribution in [0, 0.1) is 0 Å². The van der Waals surface area contributed by atoms with Crippen molar-refractivity contribution in [1.82, 2.24) is 0 Å². The lowest BCUT2D eigenvalue weighted by Crippen LogP contribution is -2.22. The molecule has 30 heavy (non-hydrogen) atoms. The first kappa shape index (κ1) is 21.0. The van der Waals surface area contributed by atoms with Gasteiger partial charge in [-0.15, -0.1) is 0 Å². The topological polar surface area (TPSA) is 68.8 Å². The Labute approximate surface area is 176 Å². The molecule has 0 fully saturated rings. The summed E-state index contributed by atoms with van der Waals surface area (Å²) in [6.07, 6.45) is 0. The van der Waals surface area contributed by atoms with Crippen molar-refractivity contribution in [2.75, 3.05) is 37.0 Å². The van der Waals surface area contributed by atoms with Gasteiger partial charge in [-0.1, -0.05) is 36.4 Å².